The molecule has 0 aliphatic rings. The fraction of sp³-hybridized carbons (Fsp3) is 1.00. The molecular formula is C9H21NS. The molecule has 0 saturated carbocycles. The normalized spacial score (nSPS) is 13.4. The number of thiol groups is 1. The smallest absolute Gasteiger partial charge is 0.00104 e. The maximum Gasteiger partial charge on any atom is 0.00104 e. The van der Waals surface area contributed by atoms with Crippen LogP contribution in [0, 0.1) is 0 Å². The minimum absolute atomic E-state index is 0.389. The zero-order chi connectivity index (χ0) is 8.53. The molecule has 0 radical (unpaired) electrons. The Bertz CT molecular complexity index is 74.0. The molecule has 68 valence electrons. The number of rotatable bonds is 7. The largest absolute Gasteiger partial charge is 0.328 e. The fourth-order valence-corrected chi connectivity index (χ4v) is 1.33. The van der Waals surface area contributed by atoms with Crippen LogP contribution in [0.15, 0.2) is 0 Å². The van der Waals surface area contributed by atoms with Gasteiger partial charge in [0.1, 0.15) is 0 Å². The van der Waals surface area contributed by atoms with Gasteiger partial charge < -0.3 is 5.73 Å². The summed E-state index contributed by atoms with van der Waals surface area (Å²) >= 11 is 4.16. The highest BCUT2D eigenvalue weighted by Gasteiger charge is 1.93. The molecule has 0 aliphatic heterocycles. The molecule has 0 heterocycles. The summed E-state index contributed by atoms with van der Waals surface area (Å²) in [6.07, 6.45) is 7.78. The minimum Gasteiger partial charge on any atom is -0.328 e. The molecule has 0 rings (SSSR count). The first kappa shape index (κ1) is 11.3. The summed E-state index contributed by atoms with van der Waals surface area (Å²) in [7, 11) is 0. The summed E-state index contributed by atoms with van der Waals surface area (Å²) in [5, 5.41) is 0. The third-order valence-electron chi connectivity index (χ3n) is 1.82. The molecular weight excluding hydrogens is 154 g/mol. The van der Waals surface area contributed by atoms with Gasteiger partial charge in [0, 0.05) is 6.04 Å². The van der Waals surface area contributed by atoms with Gasteiger partial charge >= 0.3 is 0 Å². The van der Waals surface area contributed by atoms with Crippen molar-refractivity contribution in [2.24, 2.45) is 5.73 Å². The van der Waals surface area contributed by atoms with Gasteiger partial charge in [-0.15, -0.1) is 0 Å². The van der Waals surface area contributed by atoms with E-state index in [2.05, 4.69) is 19.6 Å². The van der Waals surface area contributed by atoms with Crippen molar-refractivity contribution in [1.82, 2.24) is 0 Å². The molecule has 0 saturated heterocycles. The van der Waals surface area contributed by atoms with Gasteiger partial charge in [0.2, 0.25) is 0 Å². The molecule has 0 bridgehead atoms. The Kier molecular flexibility index (Phi) is 8.64. The number of nitrogens with two attached hydrogens (primary N) is 1. The first-order valence-electron chi connectivity index (χ1n) is 4.64. The van der Waals surface area contributed by atoms with Crippen LogP contribution in [-0.2, 0) is 0 Å². The second kappa shape index (κ2) is 8.41. The van der Waals surface area contributed by atoms with Crippen molar-refractivity contribution in [3.05, 3.63) is 0 Å². The van der Waals surface area contributed by atoms with E-state index in [1.165, 1.54) is 38.5 Å². The standard InChI is InChI=1S/C9H21NS/c1-9(10)7-5-3-2-4-6-8-11/h9,11H,2-8,10H2,1H3. The third kappa shape index (κ3) is 10.3. The number of unbranched alkanes of at least 4 members (excludes halogenated alkanes) is 4. The lowest BCUT2D eigenvalue weighted by Gasteiger charge is -2.03. The zero-order valence-corrected chi connectivity index (χ0v) is 8.45. The highest BCUT2D eigenvalue weighted by molar-refractivity contribution is 7.80. The first-order chi connectivity index (χ1) is 5.27. The molecule has 2 heteroatoms. The van der Waals surface area contributed by atoms with Crippen LogP contribution in [0.3, 0.4) is 0 Å². The van der Waals surface area contributed by atoms with E-state index in [0.29, 0.717) is 6.04 Å². The van der Waals surface area contributed by atoms with E-state index in [4.69, 9.17) is 5.73 Å². The van der Waals surface area contributed by atoms with Crippen molar-refractivity contribution in [3.8, 4) is 0 Å². The van der Waals surface area contributed by atoms with Gasteiger partial charge in [-0.05, 0) is 25.5 Å². The average Bonchev–Trinajstić information content (AvgIpc) is 1.96. The third-order valence-corrected chi connectivity index (χ3v) is 2.13. The Balaban J connectivity index is 2.80. The van der Waals surface area contributed by atoms with Crippen LogP contribution in [-0.4, -0.2) is 11.8 Å². The Morgan fingerprint density at radius 3 is 2.18 bits per heavy atom. The average molecular weight is 175 g/mol. The molecule has 0 spiro atoms. The van der Waals surface area contributed by atoms with Crippen molar-refractivity contribution in [1.29, 1.82) is 0 Å². The van der Waals surface area contributed by atoms with Crippen LogP contribution in [0.5, 0.6) is 0 Å². The lowest BCUT2D eigenvalue weighted by molar-refractivity contribution is 0.564. The van der Waals surface area contributed by atoms with Gasteiger partial charge in [-0.25, -0.2) is 0 Å². The molecule has 11 heavy (non-hydrogen) atoms. The molecule has 0 aromatic rings. The van der Waals surface area contributed by atoms with Crippen molar-refractivity contribution in [2.45, 2.75) is 51.5 Å². The summed E-state index contributed by atoms with van der Waals surface area (Å²) in [5.74, 6) is 1.04. The van der Waals surface area contributed by atoms with E-state index < -0.39 is 0 Å². The molecule has 0 aliphatic carbocycles. The molecule has 0 amide bonds. The highest BCUT2D eigenvalue weighted by Crippen LogP contribution is 2.06. The summed E-state index contributed by atoms with van der Waals surface area (Å²) < 4.78 is 0. The molecule has 1 unspecified atom stereocenters. The van der Waals surface area contributed by atoms with E-state index in [-0.39, 0.29) is 0 Å². The molecule has 0 aromatic carbocycles. The summed E-state index contributed by atoms with van der Waals surface area (Å²) in [4.78, 5) is 0. The molecule has 2 N–H and O–H groups in total. The minimum atomic E-state index is 0.389. The Morgan fingerprint density at radius 1 is 1.09 bits per heavy atom. The lowest BCUT2D eigenvalue weighted by atomic mass is 10.1. The fourth-order valence-electron chi connectivity index (χ4n) is 1.11. The van der Waals surface area contributed by atoms with E-state index in [1.54, 1.807) is 0 Å². The van der Waals surface area contributed by atoms with Gasteiger partial charge in [0.25, 0.3) is 0 Å². The molecule has 0 aromatic heterocycles. The van der Waals surface area contributed by atoms with Crippen LogP contribution < -0.4 is 5.73 Å². The molecule has 0 fully saturated rings. The van der Waals surface area contributed by atoms with Gasteiger partial charge in [-0.1, -0.05) is 25.7 Å². The second-order valence-corrected chi connectivity index (χ2v) is 3.70. The maximum absolute atomic E-state index is 5.62. The topological polar surface area (TPSA) is 26.0 Å². The van der Waals surface area contributed by atoms with E-state index in [1.807, 2.05) is 0 Å². The zero-order valence-electron chi connectivity index (χ0n) is 7.55. The van der Waals surface area contributed by atoms with E-state index >= 15 is 0 Å². The highest BCUT2D eigenvalue weighted by atomic mass is 32.1. The van der Waals surface area contributed by atoms with Crippen molar-refractivity contribution < 1.29 is 0 Å². The Hall–Kier alpha value is 0.310. The van der Waals surface area contributed by atoms with Gasteiger partial charge in [0.05, 0.1) is 0 Å². The Labute approximate surface area is 76.2 Å². The van der Waals surface area contributed by atoms with Gasteiger partial charge in [-0.3, -0.25) is 0 Å². The van der Waals surface area contributed by atoms with Crippen LogP contribution in [0.1, 0.15) is 45.4 Å². The molecule has 1 nitrogen and oxygen atoms in total. The van der Waals surface area contributed by atoms with Gasteiger partial charge in [0.15, 0.2) is 0 Å². The van der Waals surface area contributed by atoms with E-state index in [9.17, 15) is 0 Å². The second-order valence-electron chi connectivity index (χ2n) is 3.26. The summed E-state index contributed by atoms with van der Waals surface area (Å²) in [5.41, 5.74) is 5.62. The monoisotopic (exact) mass is 175 g/mol. The quantitative estimate of drug-likeness (QED) is 0.451. The lowest BCUT2D eigenvalue weighted by Crippen LogP contribution is -2.13. The van der Waals surface area contributed by atoms with Crippen LogP contribution in [0.4, 0.5) is 0 Å². The van der Waals surface area contributed by atoms with E-state index in [0.717, 1.165) is 5.75 Å². The predicted molar refractivity (Wildman–Crippen MR) is 55.2 cm³/mol. The van der Waals surface area contributed by atoms with Crippen LogP contribution >= 0.6 is 12.6 Å². The summed E-state index contributed by atoms with van der Waals surface area (Å²) in [6, 6.07) is 0.389. The Morgan fingerprint density at radius 2 is 1.64 bits per heavy atom. The van der Waals surface area contributed by atoms with Gasteiger partial charge in [-0.2, -0.15) is 12.6 Å². The predicted octanol–water partition coefficient (Wildman–Crippen LogP) is 2.60. The maximum atomic E-state index is 5.62. The number of hydrogen-bond acceptors (Lipinski definition) is 2. The van der Waals surface area contributed by atoms with Crippen molar-refractivity contribution >= 4 is 12.6 Å². The van der Waals surface area contributed by atoms with Crippen molar-refractivity contribution in [3.63, 3.8) is 0 Å². The summed E-state index contributed by atoms with van der Waals surface area (Å²) in [6.45, 7) is 2.08. The molecule has 1 atom stereocenters. The number of hydrogen-bond donors (Lipinski definition) is 2. The van der Waals surface area contributed by atoms with Crippen molar-refractivity contribution in [2.75, 3.05) is 5.75 Å². The first-order valence-corrected chi connectivity index (χ1v) is 5.27. The SMILES string of the molecule is CC(N)CCCCCCCS. The van der Waals surface area contributed by atoms with Crippen LogP contribution in [0.2, 0.25) is 0 Å². The van der Waals surface area contributed by atoms with Crippen LogP contribution in [0.25, 0.3) is 0 Å².